The topological polar surface area (TPSA) is 82.5 Å². The normalized spacial score (nSPS) is 39.9. The molecule has 5 rings (SSSR count). The van der Waals surface area contributed by atoms with Crippen molar-refractivity contribution in [3.63, 3.8) is 0 Å². The van der Waals surface area contributed by atoms with Gasteiger partial charge in [0.15, 0.2) is 0 Å². The molecule has 1 saturated heterocycles. The first-order valence-electron chi connectivity index (χ1n) is 11.3. The first kappa shape index (κ1) is 20.4. The van der Waals surface area contributed by atoms with Crippen molar-refractivity contribution < 1.29 is 14.7 Å². The number of aromatic nitrogens is 1. The van der Waals surface area contributed by atoms with Crippen LogP contribution in [0.25, 0.3) is 0 Å². The summed E-state index contributed by atoms with van der Waals surface area (Å²) < 4.78 is 0.705. The second kappa shape index (κ2) is 7.59. The van der Waals surface area contributed by atoms with Gasteiger partial charge in [0.1, 0.15) is 4.60 Å². The van der Waals surface area contributed by atoms with Crippen molar-refractivity contribution in [2.75, 3.05) is 18.9 Å². The number of piperidine rings is 1. The molecule has 4 aliphatic rings. The van der Waals surface area contributed by atoms with E-state index in [0.717, 1.165) is 19.3 Å². The number of pyridine rings is 1. The Bertz CT molecular complexity index is 847. The number of carbonyl (C=O) groups excluding carboxylic acids is 1. The van der Waals surface area contributed by atoms with Gasteiger partial charge in [-0.2, -0.15) is 0 Å². The Morgan fingerprint density at radius 2 is 2.00 bits per heavy atom. The lowest BCUT2D eigenvalue weighted by Gasteiger charge is -2.33. The summed E-state index contributed by atoms with van der Waals surface area (Å²) >= 11 is 3.30. The van der Waals surface area contributed by atoms with E-state index in [9.17, 15) is 14.7 Å². The highest BCUT2D eigenvalue weighted by molar-refractivity contribution is 9.10. The molecule has 2 heterocycles. The molecule has 0 aromatic carbocycles. The summed E-state index contributed by atoms with van der Waals surface area (Å²) in [6.45, 7) is 1.17. The van der Waals surface area contributed by atoms with Crippen molar-refractivity contribution in [2.24, 2.45) is 35.0 Å². The molecule has 6 nitrogen and oxygen atoms in total. The molecule has 2 bridgehead atoms. The Morgan fingerprint density at radius 3 is 2.67 bits per heavy atom. The number of carboxylic acids is 1. The maximum atomic E-state index is 13.2. The molecule has 1 aromatic heterocycles. The van der Waals surface area contributed by atoms with Crippen LogP contribution < -0.4 is 5.32 Å². The zero-order valence-electron chi connectivity index (χ0n) is 17.4. The van der Waals surface area contributed by atoms with Crippen LogP contribution in [0.2, 0.25) is 0 Å². The van der Waals surface area contributed by atoms with Crippen LogP contribution in [-0.2, 0) is 9.59 Å². The van der Waals surface area contributed by atoms with Gasteiger partial charge in [-0.25, -0.2) is 4.98 Å². The minimum atomic E-state index is -0.795. The van der Waals surface area contributed by atoms with E-state index in [0.29, 0.717) is 22.3 Å². The summed E-state index contributed by atoms with van der Waals surface area (Å²) in [7, 11) is 2.23. The molecule has 1 amide bonds. The molecule has 30 heavy (non-hydrogen) atoms. The smallest absolute Gasteiger partial charge is 0.307 e. The predicted molar refractivity (Wildman–Crippen MR) is 117 cm³/mol. The number of nitrogens with zero attached hydrogens (tertiary/aromatic N) is 2. The van der Waals surface area contributed by atoms with Gasteiger partial charge in [0, 0.05) is 6.04 Å². The molecule has 1 aliphatic heterocycles. The first-order valence-corrected chi connectivity index (χ1v) is 12.1. The van der Waals surface area contributed by atoms with E-state index < -0.39 is 17.8 Å². The van der Waals surface area contributed by atoms with Gasteiger partial charge < -0.3 is 15.3 Å². The van der Waals surface area contributed by atoms with E-state index in [4.69, 9.17) is 0 Å². The Kier molecular flexibility index (Phi) is 5.17. The second-order valence-corrected chi connectivity index (χ2v) is 10.7. The molecule has 1 aromatic rings. The van der Waals surface area contributed by atoms with Gasteiger partial charge in [0.2, 0.25) is 5.91 Å². The third-order valence-electron chi connectivity index (χ3n) is 8.68. The fourth-order valence-corrected chi connectivity index (χ4v) is 7.63. The fraction of sp³-hybridized carbons (Fsp3) is 0.696. The van der Waals surface area contributed by atoms with E-state index in [2.05, 4.69) is 38.2 Å². The third kappa shape index (κ3) is 3.20. The molecule has 2 N–H and O–H groups in total. The molecular formula is C23H30BrN3O3. The molecule has 162 valence electrons. The Labute approximate surface area is 185 Å². The number of amides is 1. The van der Waals surface area contributed by atoms with Crippen LogP contribution in [0.3, 0.4) is 0 Å². The van der Waals surface area contributed by atoms with Crippen molar-refractivity contribution in [3.8, 4) is 0 Å². The van der Waals surface area contributed by atoms with Crippen molar-refractivity contribution in [3.05, 3.63) is 22.9 Å². The van der Waals surface area contributed by atoms with E-state index in [1.165, 1.54) is 32.2 Å². The monoisotopic (exact) mass is 475 g/mol. The average molecular weight is 476 g/mol. The molecule has 4 fully saturated rings. The summed E-state index contributed by atoms with van der Waals surface area (Å²) in [6.07, 6.45) is 9.67. The maximum Gasteiger partial charge on any atom is 0.307 e. The molecule has 1 spiro atoms. The molecule has 7 atom stereocenters. The van der Waals surface area contributed by atoms with Crippen LogP contribution in [0.5, 0.6) is 0 Å². The lowest BCUT2D eigenvalue weighted by Crippen LogP contribution is -2.37. The van der Waals surface area contributed by atoms with Crippen molar-refractivity contribution >= 4 is 33.5 Å². The van der Waals surface area contributed by atoms with Gasteiger partial charge in [-0.1, -0.05) is 6.42 Å². The summed E-state index contributed by atoms with van der Waals surface area (Å²) in [4.78, 5) is 32.2. The minimum absolute atomic E-state index is 0.0846. The highest BCUT2D eigenvalue weighted by Gasteiger charge is 2.76. The molecule has 3 saturated carbocycles. The Morgan fingerprint density at radius 1 is 1.23 bits per heavy atom. The molecule has 3 aliphatic carbocycles. The van der Waals surface area contributed by atoms with Crippen LogP contribution in [0, 0.1) is 35.0 Å². The summed E-state index contributed by atoms with van der Waals surface area (Å²) in [5.41, 5.74) is 0.710. The number of likely N-dealkylation sites (tertiary alicyclic amines) is 1. The van der Waals surface area contributed by atoms with E-state index in [1.54, 1.807) is 18.3 Å². The Hall–Kier alpha value is -1.47. The number of rotatable bonds is 5. The van der Waals surface area contributed by atoms with E-state index in [-0.39, 0.29) is 23.2 Å². The van der Waals surface area contributed by atoms with Crippen LogP contribution in [0.15, 0.2) is 22.9 Å². The first-order chi connectivity index (χ1) is 14.4. The number of halogens is 1. The van der Waals surface area contributed by atoms with Crippen molar-refractivity contribution in [1.82, 2.24) is 9.88 Å². The number of hydrogen-bond donors (Lipinski definition) is 2. The summed E-state index contributed by atoms with van der Waals surface area (Å²) in [5, 5.41) is 13.0. The summed E-state index contributed by atoms with van der Waals surface area (Å²) in [6, 6.07) is 4.20. The fourth-order valence-electron chi connectivity index (χ4n) is 7.40. The number of anilines is 1. The van der Waals surface area contributed by atoms with Crippen LogP contribution in [0.4, 0.5) is 5.69 Å². The van der Waals surface area contributed by atoms with Gasteiger partial charge in [-0.3, -0.25) is 9.59 Å². The van der Waals surface area contributed by atoms with Gasteiger partial charge in [-0.15, -0.1) is 0 Å². The highest BCUT2D eigenvalue weighted by atomic mass is 79.9. The van der Waals surface area contributed by atoms with Crippen LogP contribution in [0.1, 0.15) is 44.9 Å². The third-order valence-corrected chi connectivity index (χ3v) is 9.15. The lowest BCUT2D eigenvalue weighted by molar-refractivity contribution is -0.148. The molecular weight excluding hydrogens is 446 g/mol. The number of nitrogens with one attached hydrogen (secondary N) is 1. The second-order valence-electron chi connectivity index (χ2n) is 9.92. The number of carbonyl (C=O) groups is 2. The van der Waals surface area contributed by atoms with Crippen LogP contribution >= 0.6 is 15.9 Å². The number of hydrogen-bond acceptors (Lipinski definition) is 4. The predicted octanol–water partition coefficient (Wildman–Crippen LogP) is 4.02. The molecule has 7 heteroatoms. The highest BCUT2D eigenvalue weighted by Crippen LogP contribution is 2.78. The van der Waals surface area contributed by atoms with Crippen molar-refractivity contribution in [2.45, 2.75) is 51.0 Å². The Balaban J connectivity index is 1.35. The quantitative estimate of drug-likeness (QED) is 0.628. The lowest BCUT2D eigenvalue weighted by atomic mass is 9.78. The maximum absolute atomic E-state index is 13.2. The zero-order valence-corrected chi connectivity index (χ0v) is 19.0. The van der Waals surface area contributed by atoms with E-state index >= 15 is 0 Å². The standard InChI is InChI=1S/C23H30BrN3O3/c1-27-9-3-2-4-15(27)10-13-11-23(13)16-6-7-17(23)20(22(29)30)19(16)21(28)26-14-5-8-18(24)25-12-14/h5,8,12-13,15-17,19-20H,2-4,6-7,9-11H2,1H3,(H,26,28)(H,29,30)/t13?,15?,16-,17+,19+,20+,23?/m0/s1. The SMILES string of the molecule is CN1CCCCC1CC1CC12[C@@H]1CC[C@H]2[C@@H](C(=O)Nc2ccc(Br)nc2)[C@@H]1C(=O)O. The van der Waals surface area contributed by atoms with Crippen molar-refractivity contribution in [1.29, 1.82) is 0 Å². The van der Waals surface area contributed by atoms with Gasteiger partial charge in [0.25, 0.3) is 0 Å². The summed E-state index contributed by atoms with van der Waals surface area (Å²) in [5.74, 6) is -0.993. The molecule has 0 radical (unpaired) electrons. The molecule has 3 unspecified atom stereocenters. The largest absolute Gasteiger partial charge is 0.481 e. The number of carboxylic acid groups (broad SMARTS) is 1. The average Bonchev–Trinajstić information content (AvgIpc) is 3.23. The van der Waals surface area contributed by atoms with Gasteiger partial charge >= 0.3 is 5.97 Å². The zero-order chi connectivity index (χ0) is 21.0. The van der Waals surface area contributed by atoms with Gasteiger partial charge in [-0.05, 0) is 103 Å². The minimum Gasteiger partial charge on any atom is -0.481 e. The van der Waals surface area contributed by atoms with Crippen LogP contribution in [-0.4, -0.2) is 46.5 Å². The number of aliphatic carboxylic acids is 1. The van der Waals surface area contributed by atoms with E-state index in [1.807, 2.05) is 0 Å². The van der Waals surface area contributed by atoms with Gasteiger partial charge in [0.05, 0.1) is 23.7 Å².